The Morgan fingerprint density at radius 1 is 0.950 bits per heavy atom. The first-order valence-electron chi connectivity index (χ1n) is 6.28. The van der Waals surface area contributed by atoms with Gasteiger partial charge in [0, 0.05) is 41.7 Å². The van der Waals surface area contributed by atoms with Crippen LogP contribution in [0.5, 0.6) is 0 Å². The Hall–Kier alpha value is -2.88. The molecule has 0 aliphatic rings. The minimum Gasteiger partial charge on any atom is -0.324 e. The van der Waals surface area contributed by atoms with Gasteiger partial charge in [-0.25, -0.2) is 0 Å². The van der Waals surface area contributed by atoms with Crippen molar-refractivity contribution in [3.8, 4) is 5.69 Å². The van der Waals surface area contributed by atoms with Crippen LogP contribution in [0, 0.1) is 0 Å². The minimum absolute atomic E-state index is 0.129. The highest BCUT2D eigenvalue weighted by Crippen LogP contribution is 2.12. The number of rotatable bonds is 3. The molecule has 3 aromatic rings. The normalized spacial score (nSPS) is 10.2. The molecule has 0 unspecified atom stereocenters. The zero-order chi connectivity index (χ0) is 13.8. The van der Waals surface area contributed by atoms with Gasteiger partial charge in [-0.05, 0) is 48.5 Å². The summed E-state index contributed by atoms with van der Waals surface area (Å²) in [4.78, 5) is 16.0. The minimum atomic E-state index is -0.129. The smallest absolute Gasteiger partial charge is 0.255 e. The predicted octanol–water partition coefficient (Wildman–Crippen LogP) is 3.12. The molecule has 2 heterocycles. The lowest BCUT2D eigenvalue weighted by Crippen LogP contribution is -2.11. The molecule has 0 saturated heterocycles. The molecule has 20 heavy (non-hydrogen) atoms. The van der Waals surface area contributed by atoms with E-state index in [1.165, 1.54) is 0 Å². The van der Waals surface area contributed by atoms with Crippen molar-refractivity contribution in [1.82, 2.24) is 9.55 Å². The van der Waals surface area contributed by atoms with Gasteiger partial charge in [0.2, 0.25) is 0 Å². The molecule has 0 atom stereocenters. The van der Waals surface area contributed by atoms with Crippen molar-refractivity contribution in [1.29, 1.82) is 0 Å². The SMILES string of the molecule is O=C(Nc1ccncc1)c1ccc(-n2cccc2)cc1. The number of carbonyl (C=O) groups is 1. The lowest BCUT2D eigenvalue weighted by molar-refractivity contribution is 0.102. The van der Waals surface area contributed by atoms with Crippen molar-refractivity contribution < 1.29 is 4.79 Å². The first-order valence-corrected chi connectivity index (χ1v) is 6.28. The number of hydrogen-bond acceptors (Lipinski definition) is 2. The van der Waals surface area contributed by atoms with Gasteiger partial charge in [-0.2, -0.15) is 0 Å². The molecule has 0 bridgehead atoms. The third-order valence-electron chi connectivity index (χ3n) is 2.97. The van der Waals surface area contributed by atoms with Gasteiger partial charge >= 0.3 is 0 Å². The van der Waals surface area contributed by atoms with Crippen molar-refractivity contribution in [2.24, 2.45) is 0 Å². The van der Waals surface area contributed by atoms with Crippen LogP contribution in [0.25, 0.3) is 5.69 Å². The lowest BCUT2D eigenvalue weighted by atomic mass is 10.2. The van der Waals surface area contributed by atoms with Gasteiger partial charge in [-0.3, -0.25) is 9.78 Å². The Morgan fingerprint density at radius 3 is 2.25 bits per heavy atom. The van der Waals surface area contributed by atoms with E-state index in [4.69, 9.17) is 0 Å². The number of hydrogen-bond donors (Lipinski definition) is 1. The van der Waals surface area contributed by atoms with E-state index >= 15 is 0 Å². The van der Waals surface area contributed by atoms with Crippen LogP contribution in [0.1, 0.15) is 10.4 Å². The highest BCUT2D eigenvalue weighted by molar-refractivity contribution is 6.04. The lowest BCUT2D eigenvalue weighted by Gasteiger charge is -2.06. The van der Waals surface area contributed by atoms with Gasteiger partial charge in [0.05, 0.1) is 0 Å². The van der Waals surface area contributed by atoms with Gasteiger partial charge in [-0.15, -0.1) is 0 Å². The van der Waals surface area contributed by atoms with E-state index in [-0.39, 0.29) is 5.91 Å². The summed E-state index contributed by atoms with van der Waals surface area (Å²) in [5, 5.41) is 2.83. The summed E-state index contributed by atoms with van der Waals surface area (Å²) in [7, 11) is 0. The number of benzene rings is 1. The zero-order valence-electron chi connectivity index (χ0n) is 10.7. The van der Waals surface area contributed by atoms with Gasteiger partial charge in [0.15, 0.2) is 0 Å². The number of pyridine rings is 1. The molecule has 98 valence electrons. The van der Waals surface area contributed by atoms with E-state index < -0.39 is 0 Å². The zero-order valence-corrected chi connectivity index (χ0v) is 10.7. The number of amides is 1. The van der Waals surface area contributed by atoms with Crippen molar-refractivity contribution in [2.75, 3.05) is 5.32 Å². The largest absolute Gasteiger partial charge is 0.324 e. The van der Waals surface area contributed by atoms with E-state index in [0.717, 1.165) is 11.4 Å². The molecule has 0 spiro atoms. The fraction of sp³-hybridized carbons (Fsp3) is 0. The monoisotopic (exact) mass is 263 g/mol. The molecule has 2 aromatic heterocycles. The second-order valence-electron chi connectivity index (χ2n) is 4.33. The highest BCUT2D eigenvalue weighted by atomic mass is 16.1. The third-order valence-corrected chi connectivity index (χ3v) is 2.97. The molecule has 1 amide bonds. The van der Waals surface area contributed by atoms with Crippen molar-refractivity contribution >= 4 is 11.6 Å². The number of nitrogens with one attached hydrogen (secondary N) is 1. The molecule has 1 N–H and O–H groups in total. The number of anilines is 1. The van der Waals surface area contributed by atoms with Crippen LogP contribution < -0.4 is 5.32 Å². The molecule has 0 saturated carbocycles. The molecule has 3 rings (SSSR count). The van der Waals surface area contributed by atoms with Crippen LogP contribution in [0.4, 0.5) is 5.69 Å². The molecular formula is C16H13N3O. The Morgan fingerprint density at radius 2 is 1.60 bits per heavy atom. The van der Waals surface area contributed by atoms with Crippen LogP contribution in [-0.4, -0.2) is 15.5 Å². The van der Waals surface area contributed by atoms with Gasteiger partial charge < -0.3 is 9.88 Å². The van der Waals surface area contributed by atoms with Crippen molar-refractivity contribution in [3.05, 3.63) is 78.9 Å². The molecular weight excluding hydrogens is 250 g/mol. The number of aromatic nitrogens is 2. The fourth-order valence-corrected chi connectivity index (χ4v) is 1.93. The third kappa shape index (κ3) is 2.59. The Bertz CT molecular complexity index is 688. The Kier molecular flexibility index (Phi) is 3.29. The average Bonchev–Trinajstić information content (AvgIpc) is 3.03. The summed E-state index contributed by atoms with van der Waals surface area (Å²) in [5.41, 5.74) is 2.38. The van der Waals surface area contributed by atoms with Crippen LogP contribution in [0.2, 0.25) is 0 Å². The maximum absolute atomic E-state index is 12.1. The standard InChI is InChI=1S/C16H13N3O/c20-16(18-14-7-9-17-10-8-14)13-3-5-15(6-4-13)19-11-1-2-12-19/h1-12H,(H,17,18,20). The van der Waals surface area contributed by atoms with Gasteiger partial charge in [-0.1, -0.05) is 0 Å². The quantitative estimate of drug-likeness (QED) is 0.789. The second kappa shape index (κ2) is 5.40. The molecule has 1 aromatic carbocycles. The van der Waals surface area contributed by atoms with E-state index in [9.17, 15) is 4.79 Å². The van der Waals surface area contributed by atoms with Crippen LogP contribution in [-0.2, 0) is 0 Å². The predicted molar refractivity (Wildman–Crippen MR) is 78.0 cm³/mol. The van der Waals surface area contributed by atoms with Gasteiger partial charge in [0.25, 0.3) is 5.91 Å². The van der Waals surface area contributed by atoms with Crippen LogP contribution >= 0.6 is 0 Å². The van der Waals surface area contributed by atoms with Crippen LogP contribution in [0.3, 0.4) is 0 Å². The van der Waals surface area contributed by atoms with E-state index in [1.807, 2.05) is 53.4 Å². The van der Waals surface area contributed by atoms with E-state index in [2.05, 4.69) is 10.3 Å². The summed E-state index contributed by atoms with van der Waals surface area (Å²) < 4.78 is 1.99. The average molecular weight is 263 g/mol. The summed E-state index contributed by atoms with van der Waals surface area (Å²) in [6.07, 6.45) is 7.22. The highest BCUT2D eigenvalue weighted by Gasteiger charge is 2.06. The molecule has 4 nitrogen and oxygen atoms in total. The van der Waals surface area contributed by atoms with Gasteiger partial charge in [0.1, 0.15) is 0 Å². The molecule has 4 heteroatoms. The summed E-state index contributed by atoms with van der Waals surface area (Å²) >= 11 is 0. The fourth-order valence-electron chi connectivity index (χ4n) is 1.93. The molecule has 0 aliphatic heterocycles. The molecule has 0 fully saturated rings. The number of nitrogens with zero attached hydrogens (tertiary/aromatic N) is 2. The Balaban J connectivity index is 1.76. The first-order chi connectivity index (χ1) is 9.83. The topological polar surface area (TPSA) is 46.9 Å². The summed E-state index contributed by atoms with van der Waals surface area (Å²) in [6.45, 7) is 0. The second-order valence-corrected chi connectivity index (χ2v) is 4.33. The Labute approximate surface area is 116 Å². The maximum atomic E-state index is 12.1. The van der Waals surface area contributed by atoms with Crippen molar-refractivity contribution in [3.63, 3.8) is 0 Å². The van der Waals surface area contributed by atoms with Crippen molar-refractivity contribution in [2.45, 2.75) is 0 Å². The summed E-state index contributed by atoms with van der Waals surface area (Å²) in [6, 6.07) is 14.9. The molecule has 0 aliphatic carbocycles. The van der Waals surface area contributed by atoms with E-state index in [0.29, 0.717) is 5.56 Å². The van der Waals surface area contributed by atoms with Crippen LogP contribution in [0.15, 0.2) is 73.3 Å². The van der Waals surface area contributed by atoms with E-state index in [1.54, 1.807) is 24.5 Å². The first kappa shape index (κ1) is 12.2. The molecule has 0 radical (unpaired) electrons. The maximum Gasteiger partial charge on any atom is 0.255 e. The summed E-state index contributed by atoms with van der Waals surface area (Å²) in [5.74, 6) is -0.129. The number of carbonyl (C=O) groups excluding carboxylic acids is 1.